The molecule has 0 unspecified atom stereocenters. The number of thiazole rings is 2. The maximum atomic E-state index is 4.61. The largest absolute Gasteiger partial charge is 0.357 e. The van der Waals surface area contributed by atoms with Crippen LogP contribution < -0.4 is 10.6 Å². The third-order valence-corrected chi connectivity index (χ3v) is 5.20. The number of nitrogens with zero attached hydrogens (tertiary/aromatic N) is 3. The summed E-state index contributed by atoms with van der Waals surface area (Å²) in [4.78, 5) is 14.8. The Labute approximate surface area is 169 Å². The molecule has 0 amide bonds. The summed E-state index contributed by atoms with van der Waals surface area (Å²) in [5, 5.41) is 11.2. The summed E-state index contributed by atoms with van der Waals surface area (Å²) in [5.74, 6) is 0.867. The first-order valence-electron chi connectivity index (χ1n) is 8.08. The number of aliphatic imine (C=N–C) groups is 1. The lowest BCUT2D eigenvalue weighted by Gasteiger charge is -2.10. The highest BCUT2D eigenvalue weighted by Gasteiger charge is 2.02. The predicted molar refractivity (Wildman–Crippen MR) is 115 cm³/mol. The van der Waals surface area contributed by atoms with Gasteiger partial charge >= 0.3 is 0 Å². The summed E-state index contributed by atoms with van der Waals surface area (Å²) in [6.07, 6.45) is 4.75. The Morgan fingerprint density at radius 2 is 2.04 bits per heavy atom. The normalized spacial score (nSPS) is 11.2. The first-order valence-corrected chi connectivity index (χ1v) is 9.77. The van der Waals surface area contributed by atoms with E-state index in [9.17, 15) is 0 Å². The molecule has 2 aromatic rings. The van der Waals surface area contributed by atoms with Crippen molar-refractivity contribution in [2.45, 2.75) is 40.0 Å². The van der Waals surface area contributed by atoms with Gasteiger partial charge in [0.05, 0.1) is 15.7 Å². The molecule has 2 N–H and O–H groups in total. The van der Waals surface area contributed by atoms with E-state index in [4.69, 9.17) is 0 Å². The molecule has 0 aliphatic heterocycles. The van der Waals surface area contributed by atoms with E-state index in [2.05, 4.69) is 51.7 Å². The van der Waals surface area contributed by atoms with Crippen LogP contribution in [0.3, 0.4) is 0 Å². The summed E-state index contributed by atoms with van der Waals surface area (Å²) in [5.41, 5.74) is 1.16. The van der Waals surface area contributed by atoms with E-state index in [1.54, 1.807) is 22.7 Å². The van der Waals surface area contributed by atoms with Crippen molar-refractivity contribution in [1.29, 1.82) is 0 Å². The van der Waals surface area contributed by atoms with Crippen LogP contribution in [0.1, 0.15) is 34.4 Å². The molecule has 2 heterocycles. The maximum absolute atomic E-state index is 4.61. The van der Waals surface area contributed by atoms with Gasteiger partial charge in [0.15, 0.2) is 5.96 Å². The van der Waals surface area contributed by atoms with Crippen LogP contribution in [0.4, 0.5) is 0 Å². The fourth-order valence-electron chi connectivity index (χ4n) is 2.06. The highest BCUT2D eigenvalue weighted by molar-refractivity contribution is 14.0. The molecular formula is C16H26IN5S2. The predicted octanol–water partition coefficient (Wildman–Crippen LogP) is 3.43. The van der Waals surface area contributed by atoms with Crippen LogP contribution in [0.5, 0.6) is 0 Å². The van der Waals surface area contributed by atoms with E-state index in [-0.39, 0.29) is 24.0 Å². The van der Waals surface area contributed by atoms with Gasteiger partial charge in [-0.25, -0.2) is 9.97 Å². The second-order valence-electron chi connectivity index (χ2n) is 5.14. The smallest absolute Gasteiger partial charge is 0.191 e. The van der Waals surface area contributed by atoms with E-state index >= 15 is 0 Å². The molecular weight excluding hydrogens is 453 g/mol. The first-order chi connectivity index (χ1) is 11.2. The minimum atomic E-state index is 0. The molecule has 0 atom stereocenters. The summed E-state index contributed by atoms with van der Waals surface area (Å²) >= 11 is 3.49. The van der Waals surface area contributed by atoms with Gasteiger partial charge in [0.1, 0.15) is 0 Å². The van der Waals surface area contributed by atoms with Crippen LogP contribution in [0.2, 0.25) is 0 Å². The van der Waals surface area contributed by atoms with Crippen molar-refractivity contribution in [1.82, 2.24) is 20.6 Å². The Morgan fingerprint density at radius 1 is 1.21 bits per heavy atom. The van der Waals surface area contributed by atoms with Crippen molar-refractivity contribution < 1.29 is 0 Å². The van der Waals surface area contributed by atoms with Crippen molar-refractivity contribution in [2.24, 2.45) is 4.99 Å². The number of aryl methyl sites for hydroxylation is 2. The Balaban J connectivity index is 0.00000288. The first kappa shape index (κ1) is 21.3. The van der Waals surface area contributed by atoms with Crippen LogP contribution in [0, 0.1) is 6.92 Å². The number of hydrogen-bond acceptors (Lipinski definition) is 5. The lowest BCUT2D eigenvalue weighted by molar-refractivity contribution is 0.786. The monoisotopic (exact) mass is 479 g/mol. The Kier molecular flexibility index (Phi) is 10.4. The van der Waals surface area contributed by atoms with Crippen molar-refractivity contribution >= 4 is 52.6 Å². The van der Waals surface area contributed by atoms with Gasteiger partial charge in [0.2, 0.25) is 0 Å². The Bertz CT molecular complexity index is 624. The summed E-state index contributed by atoms with van der Waals surface area (Å²) in [7, 11) is 0. The molecule has 5 nitrogen and oxygen atoms in total. The standard InChI is InChI=1S/C16H25N5S2.HI/c1-4-14-21-13(11-22-14)6-8-18-16(17-5-2)19-9-7-15-20-10-12(3)23-15;/h10-11H,4-9H2,1-3H3,(H2,17,18,19);1H. The second-order valence-corrected chi connectivity index (χ2v) is 7.40. The van der Waals surface area contributed by atoms with Crippen molar-refractivity contribution in [2.75, 3.05) is 19.6 Å². The number of nitrogens with one attached hydrogen (secondary N) is 2. The number of rotatable bonds is 8. The second kappa shape index (κ2) is 11.8. The Hall–Kier alpha value is -0.740. The zero-order chi connectivity index (χ0) is 16.5. The fourth-order valence-corrected chi connectivity index (χ4v) is 3.61. The lowest BCUT2D eigenvalue weighted by atomic mass is 10.3. The van der Waals surface area contributed by atoms with Crippen molar-refractivity contribution in [3.05, 3.63) is 32.2 Å². The molecule has 0 aliphatic carbocycles. The van der Waals surface area contributed by atoms with E-state index in [1.807, 2.05) is 6.20 Å². The summed E-state index contributed by atoms with van der Waals surface area (Å²) in [6.45, 7) is 8.75. The molecule has 0 spiro atoms. The number of aromatic nitrogens is 2. The zero-order valence-corrected chi connectivity index (χ0v) is 18.4. The molecule has 8 heteroatoms. The number of guanidine groups is 1. The lowest BCUT2D eigenvalue weighted by Crippen LogP contribution is -2.38. The molecule has 0 radical (unpaired) electrons. The quantitative estimate of drug-likeness (QED) is 0.346. The van der Waals surface area contributed by atoms with Gasteiger partial charge in [-0.05, 0) is 20.3 Å². The van der Waals surface area contributed by atoms with Crippen LogP contribution in [-0.4, -0.2) is 35.6 Å². The van der Waals surface area contributed by atoms with E-state index in [0.29, 0.717) is 0 Å². The molecule has 0 aliphatic rings. The Morgan fingerprint density at radius 3 is 2.67 bits per heavy atom. The van der Waals surface area contributed by atoms with Crippen molar-refractivity contribution in [3.8, 4) is 0 Å². The molecule has 0 fully saturated rings. The molecule has 2 aromatic heterocycles. The van der Waals surface area contributed by atoms with Gasteiger partial charge in [-0.2, -0.15) is 0 Å². The average Bonchev–Trinajstić information content (AvgIpc) is 3.16. The highest BCUT2D eigenvalue weighted by Crippen LogP contribution is 2.11. The summed E-state index contributed by atoms with van der Waals surface area (Å²) in [6, 6.07) is 0. The van der Waals surface area contributed by atoms with Gasteiger partial charge in [-0.1, -0.05) is 6.92 Å². The van der Waals surface area contributed by atoms with E-state index in [0.717, 1.165) is 55.6 Å². The molecule has 0 saturated heterocycles. The SMILES string of the molecule is CCNC(=NCCc1ncc(C)s1)NCCc1csc(CC)n1.I. The fraction of sp³-hybridized carbons (Fsp3) is 0.562. The molecule has 0 aromatic carbocycles. The highest BCUT2D eigenvalue weighted by atomic mass is 127. The molecule has 0 saturated carbocycles. The van der Waals surface area contributed by atoms with Crippen LogP contribution in [0.15, 0.2) is 16.6 Å². The van der Waals surface area contributed by atoms with Crippen LogP contribution in [-0.2, 0) is 19.3 Å². The van der Waals surface area contributed by atoms with E-state index in [1.165, 1.54) is 9.88 Å². The topological polar surface area (TPSA) is 62.2 Å². The molecule has 134 valence electrons. The molecule has 2 rings (SSSR count). The average molecular weight is 479 g/mol. The number of hydrogen-bond donors (Lipinski definition) is 2. The van der Waals surface area contributed by atoms with Gasteiger partial charge < -0.3 is 10.6 Å². The van der Waals surface area contributed by atoms with Crippen LogP contribution in [0.25, 0.3) is 0 Å². The molecule has 24 heavy (non-hydrogen) atoms. The third kappa shape index (κ3) is 7.43. The molecule has 0 bridgehead atoms. The van der Waals surface area contributed by atoms with Gasteiger partial charge in [0.25, 0.3) is 0 Å². The number of halogens is 1. The van der Waals surface area contributed by atoms with Gasteiger partial charge in [0, 0.05) is 48.9 Å². The maximum Gasteiger partial charge on any atom is 0.191 e. The third-order valence-electron chi connectivity index (χ3n) is 3.18. The summed E-state index contributed by atoms with van der Waals surface area (Å²) < 4.78 is 0. The van der Waals surface area contributed by atoms with Crippen molar-refractivity contribution in [3.63, 3.8) is 0 Å². The minimum absolute atomic E-state index is 0. The minimum Gasteiger partial charge on any atom is -0.357 e. The zero-order valence-electron chi connectivity index (χ0n) is 14.5. The van der Waals surface area contributed by atoms with Crippen LogP contribution >= 0.6 is 46.7 Å². The van der Waals surface area contributed by atoms with E-state index < -0.39 is 0 Å². The van der Waals surface area contributed by atoms with Gasteiger partial charge in [-0.15, -0.1) is 46.7 Å². The van der Waals surface area contributed by atoms with Gasteiger partial charge in [-0.3, -0.25) is 4.99 Å².